The van der Waals surface area contributed by atoms with Crippen molar-refractivity contribution < 1.29 is 9.53 Å². The zero-order valence-corrected chi connectivity index (χ0v) is 12.9. The van der Waals surface area contributed by atoms with Gasteiger partial charge in [-0.05, 0) is 49.5 Å². The highest BCUT2D eigenvalue weighted by molar-refractivity contribution is 5.91. The van der Waals surface area contributed by atoms with Gasteiger partial charge in [0.15, 0.2) is 0 Å². The number of hydrogen-bond donors (Lipinski definition) is 0. The summed E-state index contributed by atoms with van der Waals surface area (Å²) >= 11 is 0. The molecule has 0 N–H and O–H groups in total. The van der Waals surface area contributed by atoms with E-state index in [0.29, 0.717) is 0 Å². The summed E-state index contributed by atoms with van der Waals surface area (Å²) in [6.45, 7) is 4.70. The highest BCUT2D eigenvalue weighted by Crippen LogP contribution is 2.14. The van der Waals surface area contributed by atoms with Crippen molar-refractivity contribution in [2.45, 2.75) is 39.0 Å². The van der Waals surface area contributed by atoms with E-state index in [1.165, 1.54) is 6.42 Å². The van der Waals surface area contributed by atoms with Crippen molar-refractivity contribution in [1.29, 1.82) is 0 Å². The first kappa shape index (κ1) is 15.6. The van der Waals surface area contributed by atoms with Crippen LogP contribution >= 0.6 is 0 Å². The van der Waals surface area contributed by atoms with Gasteiger partial charge >= 0.3 is 0 Å². The molecule has 3 nitrogen and oxygen atoms in total. The number of piperidine rings is 1. The summed E-state index contributed by atoms with van der Waals surface area (Å²) in [7, 11) is 0. The molecule has 0 atom stereocenters. The Morgan fingerprint density at radius 3 is 2.57 bits per heavy atom. The van der Waals surface area contributed by atoms with Crippen LogP contribution in [0.3, 0.4) is 0 Å². The number of hydrogen-bond acceptors (Lipinski definition) is 2. The van der Waals surface area contributed by atoms with Crippen LogP contribution in [0.5, 0.6) is 5.75 Å². The normalized spacial score (nSPS) is 15.4. The van der Waals surface area contributed by atoms with E-state index in [1.807, 2.05) is 35.2 Å². The van der Waals surface area contributed by atoms with Crippen molar-refractivity contribution in [3.8, 4) is 5.75 Å². The lowest BCUT2D eigenvalue weighted by Crippen LogP contribution is -2.34. The molecule has 1 aromatic rings. The lowest BCUT2D eigenvalue weighted by Gasteiger charge is -2.25. The van der Waals surface area contributed by atoms with Gasteiger partial charge in [0.25, 0.3) is 0 Å². The van der Waals surface area contributed by atoms with Crippen LogP contribution in [0.4, 0.5) is 0 Å². The van der Waals surface area contributed by atoms with Crippen molar-refractivity contribution >= 4 is 12.0 Å². The number of benzene rings is 1. The summed E-state index contributed by atoms with van der Waals surface area (Å²) in [5, 5.41) is 0. The van der Waals surface area contributed by atoms with Crippen LogP contribution < -0.4 is 4.74 Å². The molecule has 3 heteroatoms. The van der Waals surface area contributed by atoms with Crippen LogP contribution in [0.25, 0.3) is 6.08 Å². The average Bonchev–Trinajstić information content (AvgIpc) is 2.55. The van der Waals surface area contributed by atoms with Gasteiger partial charge in [-0.3, -0.25) is 4.79 Å². The van der Waals surface area contributed by atoms with Gasteiger partial charge in [-0.1, -0.05) is 25.5 Å². The van der Waals surface area contributed by atoms with E-state index >= 15 is 0 Å². The second-order valence-electron chi connectivity index (χ2n) is 5.49. The Labute approximate surface area is 127 Å². The number of unbranched alkanes of at least 4 members (excludes halogenated alkanes) is 1. The molecule has 0 unspecified atom stereocenters. The Morgan fingerprint density at radius 1 is 1.19 bits per heavy atom. The Hall–Kier alpha value is -1.77. The van der Waals surface area contributed by atoms with E-state index in [2.05, 4.69) is 6.92 Å². The fraction of sp³-hybridized carbons (Fsp3) is 0.500. The van der Waals surface area contributed by atoms with Gasteiger partial charge in [0, 0.05) is 19.2 Å². The fourth-order valence-corrected chi connectivity index (χ4v) is 2.40. The first-order valence-electron chi connectivity index (χ1n) is 7.99. The van der Waals surface area contributed by atoms with Crippen LogP contribution in [-0.2, 0) is 4.79 Å². The topological polar surface area (TPSA) is 29.5 Å². The monoisotopic (exact) mass is 287 g/mol. The summed E-state index contributed by atoms with van der Waals surface area (Å²) in [5.74, 6) is 1.01. The molecule has 114 valence electrons. The molecule has 2 rings (SSSR count). The molecule has 0 bridgehead atoms. The van der Waals surface area contributed by atoms with Gasteiger partial charge in [0.05, 0.1) is 6.61 Å². The number of ether oxygens (including phenoxy) is 1. The predicted molar refractivity (Wildman–Crippen MR) is 86.3 cm³/mol. The maximum atomic E-state index is 12.0. The minimum absolute atomic E-state index is 0.123. The maximum Gasteiger partial charge on any atom is 0.246 e. The van der Waals surface area contributed by atoms with Gasteiger partial charge in [0.2, 0.25) is 5.91 Å². The summed E-state index contributed by atoms with van der Waals surface area (Å²) in [6, 6.07) is 7.89. The minimum Gasteiger partial charge on any atom is -0.494 e. The summed E-state index contributed by atoms with van der Waals surface area (Å²) in [4.78, 5) is 14.0. The molecule has 1 aliphatic heterocycles. The Kier molecular flexibility index (Phi) is 6.32. The SMILES string of the molecule is CCCCOc1ccc(C=CC(=O)N2CCCCC2)cc1. The second-order valence-corrected chi connectivity index (χ2v) is 5.49. The van der Waals surface area contributed by atoms with Gasteiger partial charge in [-0.15, -0.1) is 0 Å². The van der Waals surface area contributed by atoms with Crippen molar-refractivity contribution in [3.63, 3.8) is 0 Å². The third kappa shape index (κ3) is 5.25. The van der Waals surface area contributed by atoms with Gasteiger partial charge < -0.3 is 9.64 Å². The molecule has 1 fully saturated rings. The molecular formula is C18H25NO2. The van der Waals surface area contributed by atoms with Gasteiger partial charge in [0.1, 0.15) is 5.75 Å². The standard InChI is InChI=1S/C18H25NO2/c1-2-3-15-21-17-10-7-16(8-11-17)9-12-18(20)19-13-5-4-6-14-19/h7-12H,2-6,13-15H2,1H3. The quantitative estimate of drug-likeness (QED) is 0.587. The molecule has 0 radical (unpaired) electrons. The molecule has 21 heavy (non-hydrogen) atoms. The van der Waals surface area contributed by atoms with Crippen LogP contribution in [-0.4, -0.2) is 30.5 Å². The largest absolute Gasteiger partial charge is 0.494 e. The van der Waals surface area contributed by atoms with E-state index < -0.39 is 0 Å². The molecule has 0 saturated carbocycles. The Morgan fingerprint density at radius 2 is 1.90 bits per heavy atom. The molecule has 1 aliphatic rings. The number of amides is 1. The van der Waals surface area contributed by atoms with E-state index in [9.17, 15) is 4.79 Å². The minimum atomic E-state index is 0.123. The highest BCUT2D eigenvalue weighted by atomic mass is 16.5. The molecule has 1 amide bonds. The van der Waals surface area contributed by atoms with Gasteiger partial charge in [-0.2, -0.15) is 0 Å². The zero-order chi connectivity index (χ0) is 14.9. The highest BCUT2D eigenvalue weighted by Gasteiger charge is 2.13. The number of nitrogens with zero attached hydrogens (tertiary/aromatic N) is 1. The van der Waals surface area contributed by atoms with E-state index in [1.54, 1.807) is 6.08 Å². The lowest BCUT2D eigenvalue weighted by molar-refractivity contribution is -0.126. The number of likely N-dealkylation sites (tertiary alicyclic amines) is 1. The van der Waals surface area contributed by atoms with E-state index in [0.717, 1.165) is 56.7 Å². The number of carbonyl (C=O) groups excluding carboxylic acids is 1. The zero-order valence-electron chi connectivity index (χ0n) is 12.9. The number of rotatable bonds is 6. The van der Waals surface area contributed by atoms with Crippen LogP contribution in [0.1, 0.15) is 44.6 Å². The number of carbonyl (C=O) groups is 1. The third-order valence-electron chi connectivity index (χ3n) is 3.73. The van der Waals surface area contributed by atoms with E-state index in [-0.39, 0.29) is 5.91 Å². The summed E-state index contributed by atoms with van der Waals surface area (Å²) < 4.78 is 5.62. The molecule has 1 saturated heterocycles. The predicted octanol–water partition coefficient (Wildman–Crippen LogP) is 3.89. The van der Waals surface area contributed by atoms with Crippen molar-refractivity contribution in [2.24, 2.45) is 0 Å². The molecular weight excluding hydrogens is 262 g/mol. The molecule has 0 aliphatic carbocycles. The molecule has 0 spiro atoms. The molecule has 1 heterocycles. The average molecular weight is 287 g/mol. The Balaban J connectivity index is 1.84. The van der Waals surface area contributed by atoms with Crippen LogP contribution in [0.2, 0.25) is 0 Å². The third-order valence-corrected chi connectivity index (χ3v) is 3.73. The summed E-state index contributed by atoms with van der Waals surface area (Å²) in [5.41, 5.74) is 1.03. The smallest absolute Gasteiger partial charge is 0.246 e. The lowest BCUT2D eigenvalue weighted by atomic mass is 10.1. The Bertz CT molecular complexity index is 459. The van der Waals surface area contributed by atoms with Crippen molar-refractivity contribution in [3.05, 3.63) is 35.9 Å². The first-order chi connectivity index (χ1) is 10.3. The van der Waals surface area contributed by atoms with Gasteiger partial charge in [-0.25, -0.2) is 0 Å². The fourth-order valence-electron chi connectivity index (χ4n) is 2.40. The van der Waals surface area contributed by atoms with Crippen LogP contribution in [0, 0.1) is 0 Å². The first-order valence-corrected chi connectivity index (χ1v) is 7.99. The van der Waals surface area contributed by atoms with Crippen LogP contribution in [0.15, 0.2) is 30.3 Å². The van der Waals surface area contributed by atoms with Crippen molar-refractivity contribution in [1.82, 2.24) is 4.90 Å². The van der Waals surface area contributed by atoms with E-state index in [4.69, 9.17) is 4.74 Å². The second kappa shape index (κ2) is 8.50. The van der Waals surface area contributed by atoms with Crippen molar-refractivity contribution in [2.75, 3.05) is 19.7 Å². The molecule has 0 aromatic heterocycles. The molecule has 1 aromatic carbocycles. The summed E-state index contributed by atoms with van der Waals surface area (Å²) in [6.07, 6.45) is 9.27. The maximum absolute atomic E-state index is 12.0.